The van der Waals surface area contributed by atoms with Gasteiger partial charge in [-0.1, -0.05) is 26.8 Å². The first-order valence-corrected chi connectivity index (χ1v) is 9.82. The number of fused-ring (bicyclic) bond motifs is 1. The molecule has 1 saturated carbocycles. The summed E-state index contributed by atoms with van der Waals surface area (Å²) in [6.07, 6.45) is 1.26. The van der Waals surface area contributed by atoms with Crippen molar-refractivity contribution in [1.82, 2.24) is 4.98 Å². The van der Waals surface area contributed by atoms with Gasteiger partial charge >= 0.3 is 0 Å². The summed E-state index contributed by atoms with van der Waals surface area (Å²) in [6, 6.07) is 9.79. The number of phenols is 2. The molecule has 0 radical (unpaired) electrons. The average molecular weight is 407 g/mol. The second kappa shape index (κ2) is 6.52. The third kappa shape index (κ3) is 3.26. The lowest BCUT2D eigenvalue weighted by molar-refractivity contribution is -0.118. The summed E-state index contributed by atoms with van der Waals surface area (Å²) < 4.78 is 0. The Balaban J connectivity index is 1.70. The van der Waals surface area contributed by atoms with E-state index in [-0.39, 0.29) is 22.8 Å². The monoisotopic (exact) mass is 407 g/mol. The Morgan fingerprint density at radius 2 is 1.77 bits per heavy atom. The molecule has 3 aromatic rings. The molecule has 1 heterocycles. The zero-order valence-electron chi connectivity index (χ0n) is 17.2. The van der Waals surface area contributed by atoms with Crippen LogP contribution >= 0.6 is 0 Å². The molecule has 0 saturated heterocycles. The van der Waals surface area contributed by atoms with E-state index in [1.54, 1.807) is 12.1 Å². The molecule has 1 aliphatic carbocycles. The van der Waals surface area contributed by atoms with E-state index in [2.05, 4.69) is 31.1 Å². The van der Waals surface area contributed by atoms with Crippen molar-refractivity contribution in [2.45, 2.75) is 44.4 Å². The van der Waals surface area contributed by atoms with Gasteiger partial charge in [-0.25, -0.2) is 0 Å². The van der Waals surface area contributed by atoms with Gasteiger partial charge in [0.15, 0.2) is 11.5 Å². The van der Waals surface area contributed by atoms with E-state index < -0.39 is 11.3 Å². The van der Waals surface area contributed by atoms with Gasteiger partial charge in [0.05, 0.1) is 16.5 Å². The smallest absolute Gasteiger partial charge is 0.250 e. The van der Waals surface area contributed by atoms with Crippen molar-refractivity contribution < 1.29 is 19.8 Å². The molecule has 0 spiro atoms. The molecule has 0 unspecified atom stereocenters. The van der Waals surface area contributed by atoms with E-state index in [0.717, 1.165) is 11.1 Å². The van der Waals surface area contributed by atoms with Crippen LogP contribution in [-0.4, -0.2) is 27.0 Å². The Bertz CT molecular complexity index is 1180. The molecule has 0 atom stereocenters. The fraction of sp³-hybridized carbons (Fsp3) is 0.304. The molecule has 7 heteroatoms. The number of aromatic nitrogens is 1. The molecule has 0 bridgehead atoms. The summed E-state index contributed by atoms with van der Waals surface area (Å²) in [7, 11) is 0. The van der Waals surface area contributed by atoms with Crippen LogP contribution in [0.2, 0.25) is 0 Å². The Hall–Kier alpha value is -3.48. The van der Waals surface area contributed by atoms with Gasteiger partial charge in [-0.15, -0.1) is 0 Å². The number of aromatic amines is 1. The van der Waals surface area contributed by atoms with Crippen LogP contribution in [0, 0.1) is 0 Å². The van der Waals surface area contributed by atoms with Crippen LogP contribution in [0.1, 0.15) is 55.2 Å². The highest BCUT2D eigenvalue weighted by Gasteiger charge is 2.51. The minimum absolute atomic E-state index is 0.143. The fourth-order valence-corrected chi connectivity index (χ4v) is 3.76. The lowest BCUT2D eigenvalue weighted by Crippen LogP contribution is -2.28. The van der Waals surface area contributed by atoms with Crippen LogP contribution in [-0.2, 0) is 15.6 Å². The lowest BCUT2D eigenvalue weighted by atomic mass is 9.92. The molecule has 1 fully saturated rings. The number of phenolic OH excluding ortho intramolecular Hbond substituents is 2. The largest absolute Gasteiger partial charge is 0.504 e. The number of carbonyl (C=O) groups is 2. The highest BCUT2D eigenvalue weighted by atomic mass is 16.3. The Morgan fingerprint density at radius 3 is 2.33 bits per heavy atom. The van der Waals surface area contributed by atoms with Crippen LogP contribution < -0.4 is 11.1 Å². The van der Waals surface area contributed by atoms with E-state index in [1.807, 2.05) is 12.1 Å². The summed E-state index contributed by atoms with van der Waals surface area (Å²) in [5, 5.41) is 23.1. The van der Waals surface area contributed by atoms with E-state index in [1.165, 1.54) is 12.1 Å². The quantitative estimate of drug-likeness (QED) is 0.423. The van der Waals surface area contributed by atoms with Gasteiger partial charge in [-0.05, 0) is 48.7 Å². The number of hydrogen-bond donors (Lipinski definition) is 5. The number of amides is 2. The topological polar surface area (TPSA) is 128 Å². The first-order valence-electron chi connectivity index (χ1n) is 9.82. The minimum atomic E-state index is -0.762. The number of aromatic hydroxyl groups is 2. The summed E-state index contributed by atoms with van der Waals surface area (Å²) in [4.78, 5) is 28.4. The maximum absolute atomic E-state index is 13.1. The van der Waals surface area contributed by atoms with Gasteiger partial charge in [0.2, 0.25) is 5.91 Å². The zero-order chi connectivity index (χ0) is 21.8. The van der Waals surface area contributed by atoms with Crippen LogP contribution in [0.4, 0.5) is 5.69 Å². The predicted octanol–water partition coefficient (Wildman–Crippen LogP) is 3.65. The van der Waals surface area contributed by atoms with Crippen LogP contribution in [0.5, 0.6) is 11.5 Å². The molecule has 156 valence electrons. The van der Waals surface area contributed by atoms with Crippen molar-refractivity contribution in [3.05, 3.63) is 53.2 Å². The van der Waals surface area contributed by atoms with Crippen molar-refractivity contribution in [3.63, 3.8) is 0 Å². The van der Waals surface area contributed by atoms with Crippen molar-refractivity contribution in [2.24, 2.45) is 5.73 Å². The van der Waals surface area contributed by atoms with E-state index in [0.29, 0.717) is 35.2 Å². The average Bonchev–Trinajstić information content (AvgIpc) is 3.35. The van der Waals surface area contributed by atoms with Crippen LogP contribution in [0.25, 0.3) is 10.9 Å². The van der Waals surface area contributed by atoms with Crippen LogP contribution in [0.3, 0.4) is 0 Å². The number of nitrogens with one attached hydrogen (secondary N) is 2. The first-order chi connectivity index (χ1) is 14.0. The molecular formula is C23H25N3O4. The number of anilines is 1. The minimum Gasteiger partial charge on any atom is -0.504 e. The summed E-state index contributed by atoms with van der Waals surface area (Å²) in [6.45, 7) is 6.19. The zero-order valence-corrected chi connectivity index (χ0v) is 17.2. The second-order valence-electron chi connectivity index (χ2n) is 9.03. The highest BCUT2D eigenvalue weighted by Crippen LogP contribution is 2.50. The normalized spacial score (nSPS) is 15.2. The number of rotatable bonds is 4. The Morgan fingerprint density at radius 1 is 1.07 bits per heavy atom. The Kier molecular flexibility index (Phi) is 4.31. The first kappa shape index (κ1) is 19.8. The fourth-order valence-electron chi connectivity index (χ4n) is 3.76. The predicted molar refractivity (Wildman–Crippen MR) is 115 cm³/mol. The van der Waals surface area contributed by atoms with Gasteiger partial charge in [-0.2, -0.15) is 0 Å². The van der Waals surface area contributed by atoms with E-state index in [9.17, 15) is 19.8 Å². The maximum Gasteiger partial charge on any atom is 0.250 e. The number of hydrogen-bond acceptors (Lipinski definition) is 4. The maximum atomic E-state index is 13.1. The third-order valence-corrected chi connectivity index (χ3v) is 5.77. The van der Waals surface area contributed by atoms with Gasteiger partial charge in [0, 0.05) is 22.2 Å². The van der Waals surface area contributed by atoms with E-state index in [4.69, 9.17) is 5.73 Å². The molecule has 6 N–H and O–H groups in total. The molecule has 0 aliphatic heterocycles. The molecule has 1 aromatic heterocycles. The number of H-pyrrole nitrogens is 1. The molecular weight excluding hydrogens is 382 g/mol. The summed E-state index contributed by atoms with van der Waals surface area (Å²) in [5.74, 6) is -1.29. The van der Waals surface area contributed by atoms with Gasteiger partial charge in [-0.3, -0.25) is 9.59 Å². The van der Waals surface area contributed by atoms with Crippen LogP contribution in [0.15, 0.2) is 36.4 Å². The van der Waals surface area contributed by atoms with E-state index >= 15 is 0 Å². The summed E-state index contributed by atoms with van der Waals surface area (Å²) >= 11 is 0. The molecule has 1 aliphatic rings. The van der Waals surface area contributed by atoms with Crippen molar-refractivity contribution >= 4 is 28.4 Å². The Labute approximate surface area is 173 Å². The number of nitrogens with two attached hydrogens (primary N) is 1. The molecule has 2 aromatic carbocycles. The number of benzene rings is 2. The molecule has 30 heavy (non-hydrogen) atoms. The number of carbonyl (C=O) groups excluding carboxylic acids is 2. The lowest BCUT2D eigenvalue weighted by Gasteiger charge is -2.17. The third-order valence-electron chi connectivity index (χ3n) is 5.77. The number of primary amides is 1. The summed E-state index contributed by atoms with van der Waals surface area (Å²) in [5.41, 5.74) is 7.73. The second-order valence-corrected chi connectivity index (χ2v) is 9.03. The van der Waals surface area contributed by atoms with Gasteiger partial charge < -0.3 is 26.2 Å². The van der Waals surface area contributed by atoms with Gasteiger partial charge in [0.25, 0.3) is 5.91 Å². The van der Waals surface area contributed by atoms with Crippen molar-refractivity contribution in [2.75, 3.05) is 5.32 Å². The van der Waals surface area contributed by atoms with Gasteiger partial charge in [0.1, 0.15) is 0 Å². The SMILES string of the molecule is CC(C)(C)c1cc2cc(NC(=O)C3(c4ccc(O)c(O)c4)CC3)cc(C(N)=O)c2[nH]1. The molecule has 4 rings (SSSR count). The van der Waals surface area contributed by atoms with Crippen molar-refractivity contribution in [1.29, 1.82) is 0 Å². The van der Waals surface area contributed by atoms with Crippen molar-refractivity contribution in [3.8, 4) is 11.5 Å². The molecule has 2 amide bonds. The highest BCUT2D eigenvalue weighted by molar-refractivity contribution is 6.09. The standard InChI is InChI=1S/C23H25N3O4/c1-22(2,3)18-9-12-8-14(11-15(20(24)29)19(12)26-18)25-21(30)23(6-7-23)13-4-5-16(27)17(28)10-13/h4-5,8-11,26-28H,6-7H2,1-3H3,(H2,24,29)(H,25,30). The molecule has 7 nitrogen and oxygen atoms in total.